The van der Waals surface area contributed by atoms with Gasteiger partial charge in [0, 0.05) is 17.9 Å². The van der Waals surface area contributed by atoms with E-state index in [1.54, 1.807) is 17.0 Å². The molecule has 2 aliphatic rings. The average molecular weight is 485 g/mol. The van der Waals surface area contributed by atoms with Gasteiger partial charge in [-0.2, -0.15) is 13.2 Å². The van der Waals surface area contributed by atoms with Crippen LogP contribution in [-0.2, 0) is 19.1 Å². The van der Waals surface area contributed by atoms with Crippen LogP contribution in [0.4, 0.5) is 29.1 Å². The summed E-state index contributed by atoms with van der Waals surface area (Å²) in [4.78, 5) is 29.7. The quantitative estimate of drug-likeness (QED) is 0.654. The number of carbonyl (C=O) groups is 2. The van der Waals surface area contributed by atoms with Gasteiger partial charge in [0.05, 0.1) is 26.3 Å². The Kier molecular flexibility index (Phi) is 7.72. The first-order valence-electron chi connectivity index (χ1n) is 10.3. The lowest BCUT2D eigenvalue weighted by atomic mass is 10.0. The van der Waals surface area contributed by atoms with Crippen molar-refractivity contribution in [2.75, 3.05) is 49.3 Å². The Morgan fingerprint density at radius 1 is 1.15 bits per heavy atom. The molecule has 1 atom stereocenters. The van der Waals surface area contributed by atoms with E-state index in [1.165, 1.54) is 12.1 Å². The van der Waals surface area contributed by atoms with Gasteiger partial charge < -0.3 is 24.4 Å². The molecule has 0 saturated carbocycles. The van der Waals surface area contributed by atoms with Gasteiger partial charge in [-0.05, 0) is 43.3 Å². The Balaban J connectivity index is 0.000000406. The number of aliphatic carboxylic acids is 1. The normalized spacial score (nSPS) is 21.0. The van der Waals surface area contributed by atoms with Crippen molar-refractivity contribution in [1.82, 2.24) is 4.98 Å². The SMILES string of the molecule is Cc1cccc(N2CCOCC3(C2)CN(c2ccc(F)cc2)C(=O)CO3)n1.O=C(O)C(F)(F)F. The fraction of sp³-hybridized carbons (Fsp3) is 0.409. The van der Waals surface area contributed by atoms with Crippen LogP contribution in [0.5, 0.6) is 0 Å². The van der Waals surface area contributed by atoms with Crippen LogP contribution < -0.4 is 9.80 Å². The lowest BCUT2D eigenvalue weighted by Crippen LogP contribution is -2.61. The number of halogens is 4. The standard InChI is InChI=1S/C20H22FN3O3.C2HF3O2/c1-15-3-2-4-18(22-15)23-9-10-26-14-20(12-23)13-24(19(25)11-27-20)17-7-5-16(21)6-8-17;3-2(4,5)1(6)7/h2-8H,9-14H2,1H3;(H,6,7). The molecule has 8 nitrogen and oxygen atoms in total. The average Bonchev–Trinajstić information content (AvgIpc) is 2.99. The molecular weight excluding hydrogens is 462 g/mol. The van der Waals surface area contributed by atoms with Crippen molar-refractivity contribution in [1.29, 1.82) is 0 Å². The van der Waals surface area contributed by atoms with Gasteiger partial charge in [0.1, 0.15) is 23.8 Å². The monoisotopic (exact) mass is 485 g/mol. The highest BCUT2D eigenvalue weighted by molar-refractivity contribution is 5.95. The molecule has 1 aromatic heterocycles. The molecule has 0 bridgehead atoms. The number of morpholine rings is 1. The van der Waals surface area contributed by atoms with Crippen LogP contribution in [0.15, 0.2) is 42.5 Å². The van der Waals surface area contributed by atoms with Gasteiger partial charge in [0.15, 0.2) is 0 Å². The first-order chi connectivity index (χ1) is 16.0. The second kappa shape index (κ2) is 10.3. The van der Waals surface area contributed by atoms with Gasteiger partial charge in [-0.15, -0.1) is 0 Å². The Labute approximate surface area is 192 Å². The smallest absolute Gasteiger partial charge is 0.475 e. The van der Waals surface area contributed by atoms with Crippen LogP contribution in [0, 0.1) is 12.7 Å². The molecule has 2 aliphatic heterocycles. The highest BCUT2D eigenvalue weighted by atomic mass is 19.4. The molecule has 2 fully saturated rings. The van der Waals surface area contributed by atoms with E-state index >= 15 is 0 Å². The number of rotatable bonds is 2. The van der Waals surface area contributed by atoms with Crippen molar-refractivity contribution in [3.05, 3.63) is 54.0 Å². The number of hydrogen-bond donors (Lipinski definition) is 1. The number of anilines is 2. The minimum Gasteiger partial charge on any atom is -0.475 e. The van der Waals surface area contributed by atoms with E-state index in [-0.39, 0.29) is 18.3 Å². The van der Waals surface area contributed by atoms with Crippen molar-refractivity contribution in [3.63, 3.8) is 0 Å². The molecular formula is C22H23F4N3O5. The summed E-state index contributed by atoms with van der Waals surface area (Å²) in [5.41, 5.74) is 0.942. The predicted octanol–water partition coefficient (Wildman–Crippen LogP) is 2.80. The number of hydrogen-bond acceptors (Lipinski definition) is 6. The van der Waals surface area contributed by atoms with E-state index in [4.69, 9.17) is 19.4 Å². The maximum Gasteiger partial charge on any atom is 0.490 e. The summed E-state index contributed by atoms with van der Waals surface area (Å²) in [7, 11) is 0. The van der Waals surface area contributed by atoms with Crippen LogP contribution >= 0.6 is 0 Å². The summed E-state index contributed by atoms with van der Waals surface area (Å²) in [6, 6.07) is 11.9. The topological polar surface area (TPSA) is 92.2 Å². The van der Waals surface area contributed by atoms with E-state index in [0.717, 1.165) is 11.5 Å². The summed E-state index contributed by atoms with van der Waals surface area (Å²) in [5, 5.41) is 7.12. The molecule has 34 heavy (non-hydrogen) atoms. The van der Waals surface area contributed by atoms with E-state index in [9.17, 15) is 22.4 Å². The van der Waals surface area contributed by atoms with E-state index in [2.05, 4.69) is 9.88 Å². The van der Waals surface area contributed by atoms with Gasteiger partial charge >= 0.3 is 12.1 Å². The molecule has 2 aromatic rings. The molecule has 1 spiro atoms. The summed E-state index contributed by atoms with van der Waals surface area (Å²) in [5.74, 6) is -2.36. The highest BCUT2D eigenvalue weighted by Crippen LogP contribution is 2.29. The molecule has 1 aromatic carbocycles. The maximum absolute atomic E-state index is 13.3. The molecule has 3 heterocycles. The largest absolute Gasteiger partial charge is 0.490 e. The number of amides is 1. The number of carbonyl (C=O) groups excluding carboxylic acids is 1. The van der Waals surface area contributed by atoms with Gasteiger partial charge in [0.25, 0.3) is 5.91 Å². The summed E-state index contributed by atoms with van der Waals surface area (Å²) in [6.07, 6.45) is -5.08. The lowest BCUT2D eigenvalue weighted by molar-refractivity contribution is -0.192. The minimum atomic E-state index is -5.08. The molecule has 2 saturated heterocycles. The van der Waals surface area contributed by atoms with Gasteiger partial charge in [-0.3, -0.25) is 4.79 Å². The fourth-order valence-electron chi connectivity index (χ4n) is 3.56. The number of carboxylic acid groups (broad SMARTS) is 1. The van der Waals surface area contributed by atoms with Gasteiger partial charge in [-0.1, -0.05) is 6.07 Å². The minimum absolute atomic E-state index is 0.0319. The number of aryl methyl sites for hydroxylation is 1. The fourth-order valence-corrected chi connectivity index (χ4v) is 3.56. The molecule has 4 rings (SSSR count). The van der Waals surface area contributed by atoms with Crippen molar-refractivity contribution >= 4 is 23.4 Å². The summed E-state index contributed by atoms with van der Waals surface area (Å²) < 4.78 is 56.8. The molecule has 1 N–H and O–H groups in total. The van der Waals surface area contributed by atoms with Crippen molar-refractivity contribution in [2.45, 2.75) is 18.7 Å². The number of pyridine rings is 1. The second-order valence-corrected chi connectivity index (χ2v) is 7.84. The number of carboxylic acids is 1. The Bertz CT molecular complexity index is 1020. The van der Waals surface area contributed by atoms with E-state index < -0.39 is 17.7 Å². The number of aromatic nitrogens is 1. The van der Waals surface area contributed by atoms with E-state index in [1.807, 2.05) is 25.1 Å². The van der Waals surface area contributed by atoms with Gasteiger partial charge in [-0.25, -0.2) is 14.2 Å². The first kappa shape index (κ1) is 25.4. The molecule has 184 valence electrons. The third-order valence-electron chi connectivity index (χ3n) is 5.18. The second-order valence-electron chi connectivity index (χ2n) is 7.84. The van der Waals surface area contributed by atoms with E-state index in [0.29, 0.717) is 38.5 Å². The first-order valence-corrected chi connectivity index (χ1v) is 10.3. The van der Waals surface area contributed by atoms with Crippen LogP contribution in [0.25, 0.3) is 0 Å². The molecule has 0 radical (unpaired) electrons. The summed E-state index contributed by atoms with van der Waals surface area (Å²) in [6.45, 7) is 4.49. The number of ether oxygens (including phenoxy) is 2. The van der Waals surface area contributed by atoms with Crippen LogP contribution in [0.3, 0.4) is 0 Å². The lowest BCUT2D eigenvalue weighted by Gasteiger charge is -2.43. The molecule has 1 unspecified atom stereocenters. The number of alkyl halides is 3. The highest BCUT2D eigenvalue weighted by Gasteiger charge is 2.43. The predicted molar refractivity (Wildman–Crippen MR) is 113 cm³/mol. The Hall–Kier alpha value is -3.25. The van der Waals surface area contributed by atoms with Crippen LogP contribution in [0.1, 0.15) is 5.69 Å². The van der Waals surface area contributed by atoms with Crippen LogP contribution in [-0.4, -0.2) is 73.2 Å². The zero-order valence-electron chi connectivity index (χ0n) is 18.2. The third kappa shape index (κ3) is 6.41. The zero-order valence-corrected chi connectivity index (χ0v) is 18.2. The maximum atomic E-state index is 13.3. The Morgan fingerprint density at radius 3 is 2.44 bits per heavy atom. The van der Waals surface area contributed by atoms with Crippen molar-refractivity contribution in [3.8, 4) is 0 Å². The molecule has 12 heteroatoms. The molecule has 0 aliphatic carbocycles. The van der Waals surface area contributed by atoms with Crippen LogP contribution in [0.2, 0.25) is 0 Å². The number of benzene rings is 1. The summed E-state index contributed by atoms with van der Waals surface area (Å²) >= 11 is 0. The third-order valence-corrected chi connectivity index (χ3v) is 5.18. The zero-order chi connectivity index (χ0) is 24.9. The van der Waals surface area contributed by atoms with Crippen molar-refractivity contribution in [2.24, 2.45) is 0 Å². The number of nitrogens with zero attached hydrogens (tertiary/aromatic N) is 3. The van der Waals surface area contributed by atoms with Crippen molar-refractivity contribution < 1.29 is 41.7 Å². The van der Waals surface area contributed by atoms with Gasteiger partial charge in [0.2, 0.25) is 0 Å². The molecule has 1 amide bonds. The Morgan fingerprint density at radius 2 is 1.82 bits per heavy atom.